The van der Waals surface area contributed by atoms with Crippen LogP contribution < -0.4 is 10.9 Å². The smallest absolute Gasteiger partial charge is 0.258 e. The molecule has 4 rings (SSSR count). The van der Waals surface area contributed by atoms with Crippen molar-refractivity contribution in [1.82, 2.24) is 15.0 Å². The lowest BCUT2D eigenvalue weighted by Crippen LogP contribution is -2.14. The van der Waals surface area contributed by atoms with Crippen molar-refractivity contribution in [1.29, 1.82) is 0 Å². The third-order valence-electron chi connectivity index (χ3n) is 3.47. The monoisotopic (exact) mass is 292 g/mol. The lowest BCUT2D eigenvalue weighted by molar-refractivity contribution is 0.615. The van der Waals surface area contributed by atoms with Crippen molar-refractivity contribution in [3.8, 4) is 0 Å². The Labute approximate surface area is 124 Å². The average Bonchev–Trinajstić information content (AvgIpc) is 3.02. The Morgan fingerprint density at radius 3 is 3.00 bits per heavy atom. The van der Waals surface area contributed by atoms with Crippen molar-refractivity contribution in [2.45, 2.75) is 6.54 Å². The summed E-state index contributed by atoms with van der Waals surface area (Å²) in [6.45, 7) is 0.372. The van der Waals surface area contributed by atoms with Crippen LogP contribution in [0.15, 0.2) is 58.1 Å². The molecule has 6 nitrogen and oxygen atoms in total. The van der Waals surface area contributed by atoms with E-state index in [2.05, 4.69) is 20.3 Å². The summed E-state index contributed by atoms with van der Waals surface area (Å²) < 4.78 is 5.33. The van der Waals surface area contributed by atoms with Gasteiger partial charge in [-0.2, -0.15) is 0 Å². The molecular formula is C16H12N4O2. The Balaban J connectivity index is 1.67. The minimum absolute atomic E-state index is 0.142. The number of hydrogen-bond acceptors (Lipinski definition) is 5. The van der Waals surface area contributed by atoms with Gasteiger partial charge >= 0.3 is 0 Å². The fourth-order valence-electron chi connectivity index (χ4n) is 2.42. The second kappa shape index (κ2) is 5.00. The van der Waals surface area contributed by atoms with Crippen LogP contribution in [0.5, 0.6) is 0 Å². The summed E-state index contributed by atoms with van der Waals surface area (Å²) in [7, 11) is 0. The molecule has 0 spiro atoms. The number of para-hydroxylation sites is 1. The predicted molar refractivity (Wildman–Crippen MR) is 83.7 cm³/mol. The van der Waals surface area contributed by atoms with Crippen molar-refractivity contribution >= 4 is 27.7 Å². The second-order valence-corrected chi connectivity index (χ2v) is 4.88. The molecule has 22 heavy (non-hydrogen) atoms. The number of furan rings is 1. The number of benzene rings is 1. The number of rotatable bonds is 3. The summed E-state index contributed by atoms with van der Waals surface area (Å²) in [5, 5.41) is 4.66. The number of nitrogens with one attached hydrogen (secondary N) is 2. The van der Waals surface area contributed by atoms with Gasteiger partial charge in [0.15, 0.2) is 0 Å². The molecular weight excluding hydrogens is 280 g/mol. The van der Waals surface area contributed by atoms with Gasteiger partial charge in [0, 0.05) is 6.20 Å². The van der Waals surface area contributed by atoms with Crippen molar-refractivity contribution < 1.29 is 4.42 Å². The molecule has 0 radical (unpaired) electrons. The highest BCUT2D eigenvalue weighted by Gasteiger charge is 2.06. The van der Waals surface area contributed by atoms with Crippen molar-refractivity contribution in [2.24, 2.45) is 0 Å². The summed E-state index contributed by atoms with van der Waals surface area (Å²) in [5.41, 5.74) is 1.30. The summed E-state index contributed by atoms with van der Waals surface area (Å²) >= 11 is 0. The first-order valence-electron chi connectivity index (χ1n) is 6.85. The van der Waals surface area contributed by atoms with E-state index in [9.17, 15) is 4.79 Å². The van der Waals surface area contributed by atoms with Crippen LogP contribution in [0.4, 0.5) is 5.82 Å². The summed E-state index contributed by atoms with van der Waals surface area (Å²) in [6.07, 6.45) is 3.29. The van der Waals surface area contributed by atoms with Gasteiger partial charge < -0.3 is 14.7 Å². The van der Waals surface area contributed by atoms with Gasteiger partial charge in [0.25, 0.3) is 5.56 Å². The van der Waals surface area contributed by atoms with E-state index in [1.54, 1.807) is 24.6 Å². The average molecular weight is 292 g/mol. The molecule has 108 valence electrons. The minimum Gasteiger partial charge on any atom is -0.464 e. The summed E-state index contributed by atoms with van der Waals surface area (Å²) in [5.74, 6) is 1.26. The third-order valence-corrected chi connectivity index (χ3v) is 3.47. The molecule has 4 aromatic rings. The maximum absolute atomic E-state index is 12.0. The van der Waals surface area contributed by atoms with Gasteiger partial charge in [-0.3, -0.25) is 4.79 Å². The van der Waals surface area contributed by atoms with E-state index in [1.807, 2.05) is 24.3 Å². The number of anilines is 1. The normalized spacial score (nSPS) is 11.1. The number of H-pyrrole nitrogens is 1. The number of pyridine rings is 1. The Kier molecular flexibility index (Phi) is 2.86. The topological polar surface area (TPSA) is 83.8 Å². The zero-order valence-corrected chi connectivity index (χ0v) is 11.5. The highest BCUT2D eigenvalue weighted by atomic mass is 16.3. The van der Waals surface area contributed by atoms with Crippen LogP contribution in [0.1, 0.15) is 5.82 Å². The molecule has 3 aromatic heterocycles. The first-order chi connectivity index (χ1) is 10.8. The van der Waals surface area contributed by atoms with Gasteiger partial charge in [0.2, 0.25) is 0 Å². The molecule has 0 fully saturated rings. The van der Waals surface area contributed by atoms with E-state index in [1.165, 1.54) is 0 Å². The molecule has 0 aliphatic heterocycles. The molecule has 1 aromatic carbocycles. The van der Waals surface area contributed by atoms with Gasteiger partial charge in [0.1, 0.15) is 17.2 Å². The van der Waals surface area contributed by atoms with Crippen LogP contribution in [0.3, 0.4) is 0 Å². The molecule has 0 amide bonds. The lowest BCUT2D eigenvalue weighted by Gasteiger charge is -2.06. The largest absolute Gasteiger partial charge is 0.464 e. The first-order valence-corrected chi connectivity index (χ1v) is 6.85. The first kappa shape index (κ1) is 12.6. The predicted octanol–water partition coefficient (Wildman–Crippen LogP) is 2.68. The molecule has 0 atom stereocenters. The Morgan fingerprint density at radius 1 is 1.14 bits per heavy atom. The summed E-state index contributed by atoms with van der Waals surface area (Å²) in [6, 6.07) is 10.9. The lowest BCUT2D eigenvalue weighted by atomic mass is 10.2. The molecule has 0 aliphatic carbocycles. The van der Waals surface area contributed by atoms with Gasteiger partial charge in [-0.1, -0.05) is 12.1 Å². The highest BCUT2D eigenvalue weighted by Crippen LogP contribution is 2.21. The van der Waals surface area contributed by atoms with E-state index < -0.39 is 0 Å². The standard InChI is InChI=1S/C16H12N4O2/c21-16-10-3-1-2-4-12(10)19-14(20-16)9-18-15-11-6-8-22-13(11)5-7-17-15/h1-8H,9H2,(H,17,18)(H,19,20,21). The Bertz CT molecular complexity index is 1020. The van der Waals surface area contributed by atoms with Crippen LogP contribution in [-0.4, -0.2) is 15.0 Å². The number of nitrogens with zero attached hydrogens (tertiary/aromatic N) is 2. The molecule has 0 saturated heterocycles. The molecule has 2 N–H and O–H groups in total. The van der Waals surface area contributed by atoms with Crippen LogP contribution in [-0.2, 0) is 6.54 Å². The maximum atomic E-state index is 12.0. The third kappa shape index (κ3) is 2.10. The number of fused-ring (bicyclic) bond motifs is 2. The summed E-state index contributed by atoms with van der Waals surface area (Å²) in [4.78, 5) is 23.5. The van der Waals surface area contributed by atoms with Gasteiger partial charge in [0.05, 0.1) is 29.1 Å². The van der Waals surface area contributed by atoms with E-state index >= 15 is 0 Å². The molecule has 0 unspecified atom stereocenters. The van der Waals surface area contributed by atoms with Crippen molar-refractivity contribution in [2.75, 3.05) is 5.32 Å². The fraction of sp³-hybridized carbons (Fsp3) is 0.0625. The molecule has 0 bridgehead atoms. The molecule has 3 heterocycles. The molecule has 6 heteroatoms. The van der Waals surface area contributed by atoms with Gasteiger partial charge in [-0.05, 0) is 24.3 Å². The van der Waals surface area contributed by atoms with Gasteiger partial charge in [-0.15, -0.1) is 0 Å². The maximum Gasteiger partial charge on any atom is 0.258 e. The number of aromatic nitrogens is 3. The van der Waals surface area contributed by atoms with Gasteiger partial charge in [-0.25, -0.2) is 9.97 Å². The Hall–Kier alpha value is -3.15. The quantitative estimate of drug-likeness (QED) is 0.606. The van der Waals surface area contributed by atoms with Crippen LogP contribution in [0.25, 0.3) is 21.9 Å². The SMILES string of the molecule is O=c1[nH]c(CNc2nccc3occc23)nc2ccccc12. The van der Waals surface area contributed by atoms with E-state index in [-0.39, 0.29) is 5.56 Å². The zero-order chi connectivity index (χ0) is 14.9. The molecule has 0 saturated carbocycles. The Morgan fingerprint density at radius 2 is 2.05 bits per heavy atom. The van der Waals surface area contributed by atoms with E-state index in [0.29, 0.717) is 29.1 Å². The number of hydrogen-bond donors (Lipinski definition) is 2. The van der Waals surface area contributed by atoms with E-state index in [4.69, 9.17) is 4.42 Å². The van der Waals surface area contributed by atoms with Crippen LogP contribution in [0.2, 0.25) is 0 Å². The van der Waals surface area contributed by atoms with Crippen LogP contribution in [0, 0.1) is 0 Å². The zero-order valence-electron chi connectivity index (χ0n) is 11.5. The van der Waals surface area contributed by atoms with Crippen molar-refractivity contribution in [3.05, 3.63) is 65.0 Å². The fourth-order valence-corrected chi connectivity index (χ4v) is 2.42. The highest BCUT2D eigenvalue weighted by molar-refractivity contribution is 5.87. The van der Waals surface area contributed by atoms with Crippen LogP contribution >= 0.6 is 0 Å². The second-order valence-electron chi connectivity index (χ2n) is 4.88. The number of aromatic amines is 1. The molecule has 0 aliphatic rings. The minimum atomic E-state index is -0.142. The van der Waals surface area contributed by atoms with Crippen molar-refractivity contribution in [3.63, 3.8) is 0 Å². The van der Waals surface area contributed by atoms with E-state index in [0.717, 1.165) is 11.0 Å².